The van der Waals surface area contributed by atoms with Crippen LogP contribution in [0.25, 0.3) is 10.9 Å². The third-order valence-corrected chi connectivity index (χ3v) is 3.23. The summed E-state index contributed by atoms with van der Waals surface area (Å²) in [6.45, 7) is 0. The van der Waals surface area contributed by atoms with Crippen LogP contribution in [0.1, 0.15) is 15.9 Å². The zero-order chi connectivity index (χ0) is 12.5. The minimum atomic E-state index is -0.0266. The third kappa shape index (κ3) is 1.84. The number of aromatic nitrogens is 2. The summed E-state index contributed by atoms with van der Waals surface area (Å²) in [5.41, 5.74) is 2.21. The topological polar surface area (TPSA) is 45.8 Å². The highest BCUT2D eigenvalue weighted by Gasteiger charge is 2.14. The summed E-state index contributed by atoms with van der Waals surface area (Å²) in [5.74, 6) is -0.0266. The minimum Gasteiger partial charge on any atom is -0.360 e. The molecule has 2 aromatic heterocycles. The van der Waals surface area contributed by atoms with E-state index in [1.165, 1.54) is 0 Å². The van der Waals surface area contributed by atoms with Crippen LogP contribution in [-0.4, -0.2) is 15.8 Å². The summed E-state index contributed by atoms with van der Waals surface area (Å²) in [6.07, 6.45) is 4.98. The standard InChI is InChI=1S/C14H9BrN2O/c15-10-5-9(6-16-7-10)14(18)12-8-17-13-4-2-1-3-11(12)13/h1-8,17H. The molecule has 88 valence electrons. The van der Waals surface area contributed by atoms with E-state index in [-0.39, 0.29) is 5.78 Å². The molecule has 18 heavy (non-hydrogen) atoms. The van der Waals surface area contributed by atoms with Gasteiger partial charge in [0.05, 0.1) is 0 Å². The van der Waals surface area contributed by atoms with E-state index >= 15 is 0 Å². The van der Waals surface area contributed by atoms with Gasteiger partial charge in [0.1, 0.15) is 0 Å². The molecule has 0 saturated carbocycles. The Bertz CT molecular complexity index is 733. The van der Waals surface area contributed by atoms with Gasteiger partial charge in [-0.15, -0.1) is 0 Å². The molecule has 0 amide bonds. The number of nitrogens with one attached hydrogen (secondary N) is 1. The molecule has 0 fully saturated rings. The van der Waals surface area contributed by atoms with Crippen LogP contribution in [0.15, 0.2) is 53.4 Å². The van der Waals surface area contributed by atoms with E-state index in [0.29, 0.717) is 11.1 Å². The lowest BCUT2D eigenvalue weighted by Crippen LogP contribution is -2.00. The number of rotatable bonds is 2. The second kappa shape index (κ2) is 4.38. The van der Waals surface area contributed by atoms with E-state index in [1.807, 2.05) is 24.3 Å². The van der Waals surface area contributed by atoms with E-state index < -0.39 is 0 Å². The first-order valence-electron chi connectivity index (χ1n) is 5.47. The van der Waals surface area contributed by atoms with Crippen molar-refractivity contribution < 1.29 is 4.79 Å². The molecule has 3 rings (SSSR count). The third-order valence-electron chi connectivity index (χ3n) is 2.80. The van der Waals surface area contributed by atoms with Gasteiger partial charge >= 0.3 is 0 Å². The number of carbonyl (C=O) groups is 1. The monoisotopic (exact) mass is 300 g/mol. The highest BCUT2D eigenvalue weighted by molar-refractivity contribution is 9.10. The van der Waals surface area contributed by atoms with Gasteiger partial charge in [-0.1, -0.05) is 18.2 Å². The molecule has 4 heteroatoms. The number of hydrogen-bond acceptors (Lipinski definition) is 2. The lowest BCUT2D eigenvalue weighted by molar-refractivity contribution is 0.104. The van der Waals surface area contributed by atoms with E-state index in [2.05, 4.69) is 25.9 Å². The summed E-state index contributed by atoms with van der Waals surface area (Å²) in [4.78, 5) is 19.5. The van der Waals surface area contributed by atoms with E-state index in [0.717, 1.165) is 15.4 Å². The van der Waals surface area contributed by atoms with Crippen LogP contribution in [0.5, 0.6) is 0 Å². The molecule has 0 radical (unpaired) electrons. The molecule has 1 aromatic carbocycles. The summed E-state index contributed by atoms with van der Waals surface area (Å²) in [7, 11) is 0. The van der Waals surface area contributed by atoms with Crippen LogP contribution in [0.3, 0.4) is 0 Å². The van der Waals surface area contributed by atoms with Gasteiger partial charge in [-0.3, -0.25) is 9.78 Å². The van der Waals surface area contributed by atoms with E-state index in [4.69, 9.17) is 0 Å². The number of pyridine rings is 1. The Morgan fingerprint density at radius 3 is 2.89 bits per heavy atom. The number of nitrogens with zero attached hydrogens (tertiary/aromatic N) is 1. The van der Waals surface area contributed by atoms with Crippen LogP contribution >= 0.6 is 15.9 Å². The smallest absolute Gasteiger partial charge is 0.196 e. The Balaban J connectivity index is 2.12. The molecule has 3 aromatic rings. The van der Waals surface area contributed by atoms with Crippen molar-refractivity contribution in [2.24, 2.45) is 0 Å². The fourth-order valence-electron chi connectivity index (χ4n) is 1.95. The average molecular weight is 301 g/mol. The highest BCUT2D eigenvalue weighted by atomic mass is 79.9. The van der Waals surface area contributed by atoms with Crippen LogP contribution < -0.4 is 0 Å². The predicted octanol–water partition coefficient (Wildman–Crippen LogP) is 3.56. The molecule has 0 atom stereocenters. The van der Waals surface area contributed by atoms with Crippen molar-refractivity contribution in [3.05, 3.63) is 64.5 Å². The fraction of sp³-hybridized carbons (Fsp3) is 0. The van der Waals surface area contributed by atoms with Gasteiger partial charge in [0.25, 0.3) is 0 Å². The number of halogens is 1. The van der Waals surface area contributed by atoms with Gasteiger partial charge in [-0.25, -0.2) is 0 Å². The Hall–Kier alpha value is -1.94. The van der Waals surface area contributed by atoms with Crippen LogP contribution in [-0.2, 0) is 0 Å². The van der Waals surface area contributed by atoms with Crippen molar-refractivity contribution in [3.8, 4) is 0 Å². The highest BCUT2D eigenvalue weighted by Crippen LogP contribution is 2.21. The zero-order valence-corrected chi connectivity index (χ0v) is 10.9. The van der Waals surface area contributed by atoms with Gasteiger partial charge in [-0.05, 0) is 28.1 Å². The lowest BCUT2D eigenvalue weighted by atomic mass is 10.0. The first kappa shape index (κ1) is 11.2. The molecule has 0 aliphatic heterocycles. The molecule has 0 spiro atoms. The fourth-order valence-corrected chi connectivity index (χ4v) is 2.32. The molecule has 0 aliphatic carbocycles. The SMILES string of the molecule is O=C(c1cncc(Br)c1)c1c[nH]c2ccccc12. The van der Waals surface area contributed by atoms with Gasteiger partial charge in [0, 0.05) is 45.1 Å². The van der Waals surface area contributed by atoms with Crippen molar-refractivity contribution in [3.63, 3.8) is 0 Å². The summed E-state index contributed by atoms with van der Waals surface area (Å²) >= 11 is 3.32. The number of benzene rings is 1. The summed E-state index contributed by atoms with van der Waals surface area (Å²) < 4.78 is 0.799. The van der Waals surface area contributed by atoms with E-state index in [9.17, 15) is 4.79 Å². The lowest BCUT2D eigenvalue weighted by Gasteiger charge is -1.99. The Morgan fingerprint density at radius 1 is 1.22 bits per heavy atom. The summed E-state index contributed by atoms with van der Waals surface area (Å²) in [5, 5.41) is 0.933. The van der Waals surface area contributed by atoms with Crippen molar-refractivity contribution >= 4 is 32.6 Å². The number of carbonyl (C=O) groups excluding carboxylic acids is 1. The van der Waals surface area contributed by atoms with Crippen molar-refractivity contribution in [2.75, 3.05) is 0 Å². The molecule has 0 saturated heterocycles. The number of fused-ring (bicyclic) bond motifs is 1. The number of ketones is 1. The molecule has 0 unspecified atom stereocenters. The molecule has 0 aliphatic rings. The minimum absolute atomic E-state index is 0.0266. The number of para-hydroxylation sites is 1. The molecule has 3 nitrogen and oxygen atoms in total. The first-order valence-corrected chi connectivity index (χ1v) is 6.26. The molecule has 2 heterocycles. The van der Waals surface area contributed by atoms with Crippen molar-refractivity contribution in [1.29, 1.82) is 0 Å². The van der Waals surface area contributed by atoms with E-state index in [1.54, 1.807) is 24.7 Å². The molecule has 1 N–H and O–H groups in total. The number of aromatic amines is 1. The van der Waals surface area contributed by atoms with Crippen molar-refractivity contribution in [1.82, 2.24) is 9.97 Å². The average Bonchev–Trinajstić information content (AvgIpc) is 2.82. The van der Waals surface area contributed by atoms with Crippen LogP contribution in [0.2, 0.25) is 0 Å². The Kier molecular flexibility index (Phi) is 2.72. The second-order valence-corrected chi connectivity index (χ2v) is 4.88. The normalized spacial score (nSPS) is 10.7. The Morgan fingerprint density at radius 2 is 2.06 bits per heavy atom. The van der Waals surface area contributed by atoms with Gasteiger partial charge in [0.2, 0.25) is 0 Å². The van der Waals surface area contributed by atoms with Crippen LogP contribution in [0.4, 0.5) is 0 Å². The number of hydrogen-bond donors (Lipinski definition) is 1. The first-order chi connectivity index (χ1) is 8.75. The van der Waals surface area contributed by atoms with Crippen molar-refractivity contribution in [2.45, 2.75) is 0 Å². The molecular weight excluding hydrogens is 292 g/mol. The maximum atomic E-state index is 12.4. The largest absolute Gasteiger partial charge is 0.360 e. The maximum Gasteiger partial charge on any atom is 0.196 e. The quantitative estimate of drug-likeness (QED) is 0.736. The Labute approximate surface area is 112 Å². The second-order valence-electron chi connectivity index (χ2n) is 3.97. The van der Waals surface area contributed by atoms with Gasteiger partial charge in [0.15, 0.2) is 5.78 Å². The van der Waals surface area contributed by atoms with Crippen LogP contribution in [0, 0.1) is 0 Å². The maximum absolute atomic E-state index is 12.4. The molecule has 0 bridgehead atoms. The van der Waals surface area contributed by atoms with Gasteiger partial charge < -0.3 is 4.98 Å². The number of H-pyrrole nitrogens is 1. The zero-order valence-electron chi connectivity index (χ0n) is 9.35. The molecular formula is C14H9BrN2O. The predicted molar refractivity (Wildman–Crippen MR) is 73.7 cm³/mol. The summed E-state index contributed by atoms with van der Waals surface area (Å²) in [6, 6.07) is 9.52. The van der Waals surface area contributed by atoms with Gasteiger partial charge in [-0.2, -0.15) is 0 Å².